The van der Waals surface area contributed by atoms with Crippen molar-refractivity contribution in [1.29, 1.82) is 0 Å². The maximum Gasteiger partial charge on any atom is 0.125 e. The van der Waals surface area contributed by atoms with Gasteiger partial charge in [-0.05, 0) is 31.6 Å². The summed E-state index contributed by atoms with van der Waals surface area (Å²) < 4.78 is 10.9. The van der Waals surface area contributed by atoms with Gasteiger partial charge in [0.05, 0.1) is 12.3 Å². The molecule has 1 aliphatic carbocycles. The predicted octanol–water partition coefficient (Wildman–Crippen LogP) is 3.34. The number of ether oxygens (including phenoxy) is 2. The van der Waals surface area contributed by atoms with Gasteiger partial charge in [-0.15, -0.1) is 11.3 Å². The van der Waals surface area contributed by atoms with Crippen molar-refractivity contribution >= 4 is 11.3 Å². The Morgan fingerprint density at radius 3 is 2.71 bits per heavy atom. The molecule has 0 amide bonds. The molecule has 0 saturated heterocycles. The number of aromatic nitrogens is 1. The lowest BCUT2D eigenvalue weighted by atomic mass is 9.80. The highest BCUT2D eigenvalue weighted by Crippen LogP contribution is 2.43. The number of thiazole rings is 1. The van der Waals surface area contributed by atoms with Crippen LogP contribution < -0.4 is 0 Å². The van der Waals surface area contributed by atoms with Gasteiger partial charge >= 0.3 is 0 Å². The molecule has 3 nitrogen and oxygen atoms in total. The number of nitrogens with zero attached hydrogens (tertiary/aromatic N) is 1. The van der Waals surface area contributed by atoms with E-state index in [9.17, 15) is 0 Å². The van der Waals surface area contributed by atoms with Gasteiger partial charge in [-0.25, -0.2) is 4.98 Å². The number of hydrogen-bond acceptors (Lipinski definition) is 4. The van der Waals surface area contributed by atoms with Crippen LogP contribution in [0.5, 0.6) is 0 Å². The van der Waals surface area contributed by atoms with Crippen LogP contribution in [0.1, 0.15) is 43.3 Å². The van der Waals surface area contributed by atoms with Gasteiger partial charge in [-0.2, -0.15) is 0 Å². The van der Waals surface area contributed by atoms with Crippen molar-refractivity contribution in [3.05, 3.63) is 16.1 Å². The Balaban J connectivity index is 2.16. The monoisotopic (exact) mass is 255 g/mol. The minimum absolute atomic E-state index is 0.136. The number of methoxy groups -OCH3 is 2. The summed E-state index contributed by atoms with van der Waals surface area (Å²) in [6, 6.07) is 0. The fourth-order valence-electron chi connectivity index (χ4n) is 2.46. The molecule has 0 N–H and O–H groups in total. The zero-order valence-corrected chi connectivity index (χ0v) is 11.7. The zero-order valence-electron chi connectivity index (χ0n) is 10.9. The van der Waals surface area contributed by atoms with Gasteiger partial charge in [0.25, 0.3) is 0 Å². The van der Waals surface area contributed by atoms with Crippen LogP contribution in [0.3, 0.4) is 0 Å². The van der Waals surface area contributed by atoms with Crippen molar-refractivity contribution in [2.24, 2.45) is 5.92 Å². The lowest BCUT2D eigenvalue weighted by Gasteiger charge is -2.36. The summed E-state index contributed by atoms with van der Waals surface area (Å²) in [5.41, 5.74) is 0.881. The molecule has 0 aliphatic heterocycles. The van der Waals surface area contributed by atoms with Gasteiger partial charge < -0.3 is 9.47 Å². The third kappa shape index (κ3) is 2.69. The molecule has 0 bridgehead atoms. The van der Waals surface area contributed by atoms with Crippen LogP contribution in [0.4, 0.5) is 0 Å². The summed E-state index contributed by atoms with van der Waals surface area (Å²) in [6.07, 6.45) is 4.63. The summed E-state index contributed by atoms with van der Waals surface area (Å²) in [6.45, 7) is 2.91. The minimum atomic E-state index is -0.136. The predicted molar refractivity (Wildman–Crippen MR) is 69.1 cm³/mol. The summed E-state index contributed by atoms with van der Waals surface area (Å²) in [7, 11) is 3.51. The molecule has 1 aliphatic rings. The fourth-order valence-corrected chi connectivity index (χ4v) is 3.50. The van der Waals surface area contributed by atoms with Gasteiger partial charge in [0.2, 0.25) is 0 Å². The highest BCUT2D eigenvalue weighted by molar-refractivity contribution is 7.09. The molecule has 1 saturated carbocycles. The summed E-state index contributed by atoms with van der Waals surface area (Å²) in [5.74, 6) is 0.816. The zero-order chi connectivity index (χ0) is 12.3. The average Bonchev–Trinajstić information content (AvgIpc) is 2.80. The standard InChI is InChI=1S/C13H21NO2S/c1-10-4-6-13(16-3,7-5-10)12-14-11(8-15-2)9-17-12/h9-10H,4-8H2,1-3H3. The Kier molecular flexibility index (Phi) is 4.17. The first kappa shape index (κ1) is 13.0. The van der Waals surface area contributed by atoms with E-state index >= 15 is 0 Å². The van der Waals surface area contributed by atoms with Crippen LogP contribution in [0.15, 0.2) is 5.38 Å². The van der Waals surface area contributed by atoms with E-state index < -0.39 is 0 Å². The molecule has 0 radical (unpaired) electrons. The van der Waals surface area contributed by atoms with Crippen LogP contribution >= 0.6 is 11.3 Å². The molecule has 0 atom stereocenters. The summed E-state index contributed by atoms with van der Waals surface area (Å²) >= 11 is 1.70. The van der Waals surface area contributed by atoms with Crippen molar-refractivity contribution in [2.75, 3.05) is 14.2 Å². The second-order valence-corrected chi connectivity index (χ2v) is 5.82. The maximum atomic E-state index is 5.81. The Morgan fingerprint density at radius 2 is 2.12 bits per heavy atom. The summed E-state index contributed by atoms with van der Waals surface area (Å²) in [4.78, 5) is 4.66. The highest BCUT2D eigenvalue weighted by Gasteiger charge is 2.38. The highest BCUT2D eigenvalue weighted by atomic mass is 32.1. The van der Waals surface area contributed by atoms with E-state index in [-0.39, 0.29) is 5.60 Å². The second-order valence-electron chi connectivity index (χ2n) is 4.96. The quantitative estimate of drug-likeness (QED) is 0.827. The molecule has 96 valence electrons. The summed E-state index contributed by atoms with van der Waals surface area (Å²) in [5, 5.41) is 3.21. The SMILES string of the molecule is COCc1csc(C2(OC)CCC(C)CC2)n1. The first-order valence-corrected chi connectivity index (χ1v) is 7.07. The van der Waals surface area contributed by atoms with Crippen molar-refractivity contribution in [2.45, 2.75) is 44.8 Å². The van der Waals surface area contributed by atoms with E-state index in [1.807, 2.05) is 7.11 Å². The maximum absolute atomic E-state index is 5.81. The molecule has 1 fully saturated rings. The third-order valence-corrected chi connectivity index (χ3v) is 4.78. The molecule has 0 unspecified atom stereocenters. The molecule has 1 aromatic heterocycles. The number of hydrogen-bond donors (Lipinski definition) is 0. The Hall–Kier alpha value is -0.450. The van der Waals surface area contributed by atoms with Crippen LogP contribution in [-0.2, 0) is 21.7 Å². The third-order valence-electron chi connectivity index (χ3n) is 3.71. The van der Waals surface area contributed by atoms with E-state index in [0.717, 1.165) is 29.5 Å². The van der Waals surface area contributed by atoms with Crippen LogP contribution in [0.2, 0.25) is 0 Å². The second kappa shape index (κ2) is 5.46. The molecule has 17 heavy (non-hydrogen) atoms. The van der Waals surface area contributed by atoms with Crippen molar-refractivity contribution < 1.29 is 9.47 Å². The Bertz CT molecular complexity index is 356. The smallest absolute Gasteiger partial charge is 0.125 e. The molecular formula is C13H21NO2S. The van der Waals surface area contributed by atoms with E-state index in [1.54, 1.807) is 18.4 Å². The topological polar surface area (TPSA) is 31.4 Å². The van der Waals surface area contributed by atoms with E-state index in [0.29, 0.717) is 6.61 Å². The van der Waals surface area contributed by atoms with Crippen LogP contribution in [-0.4, -0.2) is 19.2 Å². The Morgan fingerprint density at radius 1 is 1.41 bits per heavy atom. The normalized spacial score (nSPS) is 29.5. The average molecular weight is 255 g/mol. The molecule has 0 spiro atoms. The Labute approximate surface area is 107 Å². The van der Waals surface area contributed by atoms with E-state index in [2.05, 4.69) is 17.3 Å². The molecule has 2 rings (SSSR count). The lowest BCUT2D eigenvalue weighted by Crippen LogP contribution is -2.33. The van der Waals surface area contributed by atoms with Crippen molar-refractivity contribution in [3.63, 3.8) is 0 Å². The van der Waals surface area contributed by atoms with Gasteiger partial charge in [0, 0.05) is 19.6 Å². The minimum Gasteiger partial charge on any atom is -0.378 e. The van der Waals surface area contributed by atoms with Gasteiger partial charge in [-0.1, -0.05) is 6.92 Å². The van der Waals surface area contributed by atoms with Gasteiger partial charge in [0.15, 0.2) is 0 Å². The lowest BCUT2D eigenvalue weighted by molar-refractivity contribution is -0.0532. The van der Waals surface area contributed by atoms with Gasteiger partial charge in [0.1, 0.15) is 10.6 Å². The first-order chi connectivity index (χ1) is 8.20. The van der Waals surface area contributed by atoms with Crippen molar-refractivity contribution in [3.8, 4) is 0 Å². The molecule has 1 heterocycles. The van der Waals surface area contributed by atoms with Gasteiger partial charge in [-0.3, -0.25) is 0 Å². The molecule has 1 aromatic rings. The largest absolute Gasteiger partial charge is 0.378 e. The van der Waals surface area contributed by atoms with Crippen molar-refractivity contribution in [1.82, 2.24) is 4.98 Å². The molecular weight excluding hydrogens is 234 g/mol. The number of rotatable bonds is 4. The van der Waals surface area contributed by atoms with Crippen LogP contribution in [0.25, 0.3) is 0 Å². The fraction of sp³-hybridized carbons (Fsp3) is 0.769. The van der Waals surface area contributed by atoms with Crippen LogP contribution in [0, 0.1) is 5.92 Å². The van der Waals surface area contributed by atoms with E-state index in [4.69, 9.17) is 9.47 Å². The molecule has 4 heteroatoms. The first-order valence-electron chi connectivity index (χ1n) is 6.19. The molecule has 0 aromatic carbocycles. The van der Waals surface area contributed by atoms with E-state index in [1.165, 1.54) is 12.8 Å².